The van der Waals surface area contributed by atoms with Crippen LogP contribution in [0.3, 0.4) is 0 Å². The molecule has 0 spiro atoms. The Hall–Kier alpha value is -2.47. The Labute approximate surface area is 144 Å². The molecule has 1 amide bonds. The van der Waals surface area contributed by atoms with Crippen LogP contribution in [-0.4, -0.2) is 28.0 Å². The van der Waals surface area contributed by atoms with Crippen LogP contribution in [0, 0.1) is 6.92 Å². The number of thiophene rings is 1. The van der Waals surface area contributed by atoms with Gasteiger partial charge < -0.3 is 9.42 Å². The normalized spacial score (nSPS) is 10.8. The Kier molecular flexibility index (Phi) is 5.05. The third kappa shape index (κ3) is 3.89. The molecule has 0 aliphatic heterocycles. The lowest BCUT2D eigenvalue weighted by Crippen LogP contribution is -2.26. The number of amides is 1. The third-order valence-corrected chi connectivity index (χ3v) is 4.84. The van der Waals surface area contributed by atoms with Crippen molar-refractivity contribution < 1.29 is 9.32 Å². The summed E-state index contributed by atoms with van der Waals surface area (Å²) in [5.74, 6) is 1.12. The van der Waals surface area contributed by atoms with E-state index in [-0.39, 0.29) is 5.91 Å². The minimum absolute atomic E-state index is 0.0715. The van der Waals surface area contributed by atoms with Gasteiger partial charge in [0.2, 0.25) is 17.6 Å². The predicted octanol–water partition coefficient (Wildman–Crippen LogP) is 3.70. The summed E-state index contributed by atoms with van der Waals surface area (Å²) in [6, 6.07) is 11.7. The predicted molar refractivity (Wildman–Crippen MR) is 93.6 cm³/mol. The zero-order valence-corrected chi connectivity index (χ0v) is 14.5. The van der Waals surface area contributed by atoms with Gasteiger partial charge in [-0.1, -0.05) is 35.5 Å². The van der Waals surface area contributed by atoms with Crippen molar-refractivity contribution in [2.24, 2.45) is 0 Å². The molecule has 0 aliphatic carbocycles. The molecule has 24 heavy (non-hydrogen) atoms. The van der Waals surface area contributed by atoms with Crippen LogP contribution in [0.2, 0.25) is 0 Å². The number of aryl methyl sites for hydroxylation is 2. The second-order valence-corrected chi connectivity index (χ2v) is 6.66. The van der Waals surface area contributed by atoms with Gasteiger partial charge in [-0.3, -0.25) is 4.79 Å². The van der Waals surface area contributed by atoms with Crippen LogP contribution in [0.4, 0.5) is 0 Å². The highest BCUT2D eigenvalue weighted by molar-refractivity contribution is 7.10. The smallest absolute Gasteiger partial charge is 0.227 e. The van der Waals surface area contributed by atoms with Crippen LogP contribution in [0.1, 0.15) is 22.8 Å². The summed E-state index contributed by atoms with van der Waals surface area (Å²) in [5, 5.41) is 6.02. The number of benzene rings is 1. The van der Waals surface area contributed by atoms with E-state index >= 15 is 0 Å². The van der Waals surface area contributed by atoms with E-state index in [2.05, 4.69) is 23.1 Å². The molecule has 6 heteroatoms. The lowest BCUT2D eigenvalue weighted by Gasteiger charge is -2.16. The molecule has 0 N–H and O–H groups in total. The van der Waals surface area contributed by atoms with E-state index in [9.17, 15) is 4.79 Å². The van der Waals surface area contributed by atoms with Crippen LogP contribution in [0.25, 0.3) is 11.4 Å². The first-order chi connectivity index (χ1) is 11.6. The fraction of sp³-hybridized carbons (Fsp3) is 0.278. The molecule has 0 bridgehead atoms. The van der Waals surface area contributed by atoms with Crippen molar-refractivity contribution in [3.05, 3.63) is 58.1 Å². The maximum absolute atomic E-state index is 12.3. The van der Waals surface area contributed by atoms with Crippen LogP contribution in [-0.2, 0) is 17.8 Å². The van der Waals surface area contributed by atoms with E-state index in [1.807, 2.05) is 42.8 Å². The van der Waals surface area contributed by atoms with Crippen molar-refractivity contribution in [2.45, 2.75) is 26.3 Å². The van der Waals surface area contributed by atoms with Crippen molar-refractivity contribution in [3.63, 3.8) is 0 Å². The van der Waals surface area contributed by atoms with Gasteiger partial charge in [-0.15, -0.1) is 11.3 Å². The Bertz CT molecular complexity index is 811. The molecule has 0 radical (unpaired) electrons. The molecule has 5 nitrogen and oxygen atoms in total. The van der Waals surface area contributed by atoms with Crippen LogP contribution in [0.5, 0.6) is 0 Å². The molecule has 0 fully saturated rings. The highest BCUT2D eigenvalue weighted by Crippen LogP contribution is 2.18. The number of hydrogen-bond donors (Lipinski definition) is 0. The molecule has 0 unspecified atom stereocenters. The number of nitrogens with zero attached hydrogens (tertiary/aromatic N) is 3. The van der Waals surface area contributed by atoms with E-state index in [4.69, 9.17) is 4.52 Å². The molecule has 1 aromatic carbocycles. The lowest BCUT2D eigenvalue weighted by molar-refractivity contribution is -0.130. The Morgan fingerprint density at radius 1 is 1.25 bits per heavy atom. The first-order valence-electron chi connectivity index (χ1n) is 7.78. The average molecular weight is 341 g/mol. The van der Waals surface area contributed by atoms with Gasteiger partial charge in [-0.2, -0.15) is 4.98 Å². The summed E-state index contributed by atoms with van der Waals surface area (Å²) in [7, 11) is 1.82. The minimum Gasteiger partial charge on any atom is -0.341 e. The molecule has 0 aliphatic rings. The first kappa shape index (κ1) is 16.4. The Balaban J connectivity index is 1.55. The van der Waals surface area contributed by atoms with Gasteiger partial charge in [0.05, 0.1) is 6.54 Å². The SMILES string of the molecule is Cc1ccsc1CN(C)C(=O)CCc1nc(-c2ccccc2)no1. The highest BCUT2D eigenvalue weighted by Gasteiger charge is 2.14. The fourth-order valence-electron chi connectivity index (χ4n) is 2.34. The summed E-state index contributed by atoms with van der Waals surface area (Å²) in [6.07, 6.45) is 0.809. The molecule has 124 valence electrons. The zero-order chi connectivity index (χ0) is 16.9. The molecule has 0 saturated heterocycles. The largest absolute Gasteiger partial charge is 0.341 e. The fourth-order valence-corrected chi connectivity index (χ4v) is 3.29. The van der Waals surface area contributed by atoms with Gasteiger partial charge in [0, 0.05) is 30.3 Å². The first-order valence-corrected chi connectivity index (χ1v) is 8.66. The number of carbonyl (C=O) groups is 1. The van der Waals surface area contributed by atoms with Crippen LogP contribution < -0.4 is 0 Å². The average Bonchev–Trinajstić information content (AvgIpc) is 3.23. The van der Waals surface area contributed by atoms with Gasteiger partial charge in [0.25, 0.3) is 0 Å². The topological polar surface area (TPSA) is 59.2 Å². The van der Waals surface area contributed by atoms with Crippen molar-refractivity contribution >= 4 is 17.2 Å². The van der Waals surface area contributed by atoms with Gasteiger partial charge in [0.1, 0.15) is 0 Å². The Morgan fingerprint density at radius 3 is 2.75 bits per heavy atom. The maximum Gasteiger partial charge on any atom is 0.227 e. The monoisotopic (exact) mass is 341 g/mol. The molecule has 2 aromatic heterocycles. The van der Waals surface area contributed by atoms with Crippen LogP contribution in [0.15, 0.2) is 46.3 Å². The molecule has 3 aromatic rings. The van der Waals surface area contributed by atoms with Crippen LogP contribution >= 0.6 is 11.3 Å². The maximum atomic E-state index is 12.3. The molecule has 3 rings (SSSR count). The molecular formula is C18H19N3O2S. The summed E-state index contributed by atoms with van der Waals surface area (Å²) >= 11 is 1.68. The minimum atomic E-state index is 0.0715. The number of carbonyl (C=O) groups excluding carboxylic acids is 1. The molecule has 0 saturated carbocycles. The van der Waals surface area contributed by atoms with Crippen molar-refractivity contribution in [1.82, 2.24) is 15.0 Å². The van der Waals surface area contributed by atoms with E-state index in [1.165, 1.54) is 10.4 Å². The van der Waals surface area contributed by atoms with E-state index in [1.54, 1.807) is 16.2 Å². The van der Waals surface area contributed by atoms with E-state index in [0.717, 1.165) is 5.56 Å². The number of hydrogen-bond acceptors (Lipinski definition) is 5. The summed E-state index contributed by atoms with van der Waals surface area (Å²) in [6.45, 7) is 2.70. The van der Waals surface area contributed by atoms with Gasteiger partial charge >= 0.3 is 0 Å². The highest BCUT2D eigenvalue weighted by atomic mass is 32.1. The summed E-state index contributed by atoms with van der Waals surface area (Å²) < 4.78 is 5.24. The second-order valence-electron chi connectivity index (χ2n) is 5.65. The van der Waals surface area contributed by atoms with Crippen molar-refractivity contribution in [1.29, 1.82) is 0 Å². The Morgan fingerprint density at radius 2 is 2.04 bits per heavy atom. The molecule has 0 atom stereocenters. The van der Waals surface area contributed by atoms with Gasteiger partial charge in [-0.25, -0.2) is 0 Å². The third-order valence-electron chi connectivity index (χ3n) is 3.83. The summed E-state index contributed by atoms with van der Waals surface area (Å²) in [4.78, 5) is 19.6. The van der Waals surface area contributed by atoms with Gasteiger partial charge in [0.15, 0.2) is 0 Å². The van der Waals surface area contributed by atoms with E-state index in [0.29, 0.717) is 31.1 Å². The quantitative estimate of drug-likeness (QED) is 0.686. The number of rotatable bonds is 6. The second kappa shape index (κ2) is 7.40. The number of aromatic nitrogens is 2. The zero-order valence-electron chi connectivity index (χ0n) is 13.7. The van der Waals surface area contributed by atoms with Crippen molar-refractivity contribution in [2.75, 3.05) is 7.05 Å². The van der Waals surface area contributed by atoms with Gasteiger partial charge in [-0.05, 0) is 23.9 Å². The lowest BCUT2D eigenvalue weighted by atomic mass is 10.2. The summed E-state index contributed by atoms with van der Waals surface area (Å²) in [5.41, 5.74) is 2.13. The van der Waals surface area contributed by atoms with E-state index < -0.39 is 0 Å². The molecule has 2 heterocycles. The standard InChI is InChI=1S/C18H19N3O2S/c1-13-10-11-24-15(13)12-21(2)17(22)9-8-16-19-18(20-23-16)14-6-4-3-5-7-14/h3-7,10-11H,8-9,12H2,1-2H3. The van der Waals surface area contributed by atoms with Crippen molar-refractivity contribution in [3.8, 4) is 11.4 Å². The molecular weight excluding hydrogens is 322 g/mol.